The first-order valence-electron chi connectivity index (χ1n) is 8.08. The average molecular weight is 400 g/mol. The minimum Gasteiger partial charge on any atom is -0.403 e. The summed E-state index contributed by atoms with van der Waals surface area (Å²) in [7, 11) is -1.87. The van der Waals surface area contributed by atoms with Gasteiger partial charge in [-0.3, -0.25) is 4.90 Å². The number of likely N-dealkylation sites (N-methyl/N-ethyl adjacent to an activating group) is 2. The quantitative estimate of drug-likeness (QED) is 0.598. The molecule has 1 rings (SSSR count). The molecule has 1 aromatic carbocycles. The molecule has 1 aromatic rings. The molecule has 0 fully saturated rings. The van der Waals surface area contributed by atoms with Gasteiger partial charge in [-0.05, 0) is 38.1 Å². The lowest BCUT2D eigenvalue weighted by Gasteiger charge is -2.25. The second-order valence-electron chi connectivity index (χ2n) is 6.10. The van der Waals surface area contributed by atoms with Gasteiger partial charge in [-0.25, -0.2) is 17.1 Å². The number of rotatable bonds is 9. The summed E-state index contributed by atoms with van der Waals surface area (Å²) in [5, 5.41) is -0.530. The first kappa shape index (κ1) is 22.7. The SMILES string of the molecule is CCN(CCN(C)S(=O)(=O)C(C)C)Cc1ccc(OC(F)(F)F)c(F)c1. The Kier molecular flexibility index (Phi) is 7.85. The maximum atomic E-state index is 13.8. The molecule has 0 aliphatic carbocycles. The Hall–Kier alpha value is -1.39. The van der Waals surface area contributed by atoms with Crippen LogP contribution in [0.4, 0.5) is 17.6 Å². The van der Waals surface area contributed by atoms with Gasteiger partial charge in [0.1, 0.15) is 0 Å². The first-order valence-corrected chi connectivity index (χ1v) is 9.58. The minimum absolute atomic E-state index is 0.256. The molecule has 5 nitrogen and oxygen atoms in total. The zero-order valence-corrected chi connectivity index (χ0v) is 16.0. The molecule has 0 N–H and O–H groups in total. The number of benzene rings is 1. The third-order valence-electron chi connectivity index (χ3n) is 3.84. The summed E-state index contributed by atoms with van der Waals surface area (Å²) in [6, 6.07) is 3.26. The van der Waals surface area contributed by atoms with E-state index in [4.69, 9.17) is 0 Å². The molecule has 0 unspecified atom stereocenters. The Morgan fingerprint density at radius 1 is 1.19 bits per heavy atom. The van der Waals surface area contributed by atoms with E-state index in [2.05, 4.69) is 4.74 Å². The van der Waals surface area contributed by atoms with Gasteiger partial charge in [0.05, 0.1) is 5.25 Å². The summed E-state index contributed by atoms with van der Waals surface area (Å²) in [6.45, 7) is 6.54. The molecule has 0 heterocycles. The van der Waals surface area contributed by atoms with Gasteiger partial charge < -0.3 is 4.74 Å². The lowest BCUT2D eigenvalue weighted by Crippen LogP contribution is -2.39. The van der Waals surface area contributed by atoms with Crippen molar-refractivity contribution in [3.8, 4) is 5.75 Å². The van der Waals surface area contributed by atoms with Gasteiger partial charge >= 0.3 is 6.36 Å². The highest BCUT2D eigenvalue weighted by Crippen LogP contribution is 2.26. The van der Waals surface area contributed by atoms with E-state index in [1.807, 2.05) is 11.8 Å². The maximum absolute atomic E-state index is 13.8. The Morgan fingerprint density at radius 3 is 2.27 bits per heavy atom. The van der Waals surface area contributed by atoms with Crippen molar-refractivity contribution < 1.29 is 30.7 Å². The molecular formula is C16H24F4N2O3S. The summed E-state index contributed by atoms with van der Waals surface area (Å²) >= 11 is 0. The normalized spacial score (nSPS) is 13.0. The van der Waals surface area contributed by atoms with E-state index in [9.17, 15) is 26.0 Å². The zero-order chi connectivity index (χ0) is 20.1. The molecule has 0 saturated carbocycles. The molecule has 26 heavy (non-hydrogen) atoms. The topological polar surface area (TPSA) is 49.9 Å². The van der Waals surface area contributed by atoms with Gasteiger partial charge in [-0.15, -0.1) is 13.2 Å². The molecule has 0 aliphatic heterocycles. The van der Waals surface area contributed by atoms with Gasteiger partial charge in [0.25, 0.3) is 0 Å². The van der Waals surface area contributed by atoms with Crippen LogP contribution >= 0.6 is 0 Å². The van der Waals surface area contributed by atoms with Crippen LogP contribution in [0.5, 0.6) is 5.75 Å². The number of alkyl halides is 3. The molecule has 0 aliphatic rings. The Labute approximate surface area is 151 Å². The molecule has 10 heteroatoms. The van der Waals surface area contributed by atoms with Crippen molar-refractivity contribution in [1.29, 1.82) is 0 Å². The molecule has 0 bridgehead atoms. The van der Waals surface area contributed by atoms with Crippen molar-refractivity contribution in [2.24, 2.45) is 0 Å². The van der Waals surface area contributed by atoms with Gasteiger partial charge in [0.15, 0.2) is 11.6 Å². The number of sulfonamides is 1. The van der Waals surface area contributed by atoms with E-state index >= 15 is 0 Å². The van der Waals surface area contributed by atoms with Crippen LogP contribution in [0.3, 0.4) is 0 Å². The van der Waals surface area contributed by atoms with Crippen LogP contribution in [0.1, 0.15) is 26.3 Å². The predicted molar refractivity (Wildman–Crippen MR) is 90.7 cm³/mol. The lowest BCUT2D eigenvalue weighted by molar-refractivity contribution is -0.275. The number of nitrogens with zero attached hydrogens (tertiary/aromatic N) is 2. The summed E-state index contributed by atoms with van der Waals surface area (Å²) in [5.41, 5.74) is 0.466. The van der Waals surface area contributed by atoms with E-state index in [1.165, 1.54) is 17.4 Å². The van der Waals surface area contributed by atoms with Gasteiger partial charge in [-0.2, -0.15) is 0 Å². The summed E-state index contributed by atoms with van der Waals surface area (Å²) in [4.78, 5) is 1.87. The minimum atomic E-state index is -4.95. The largest absolute Gasteiger partial charge is 0.573 e. The molecule has 0 saturated heterocycles. The highest BCUT2D eigenvalue weighted by molar-refractivity contribution is 7.89. The molecule has 150 valence electrons. The van der Waals surface area contributed by atoms with Crippen molar-refractivity contribution in [3.05, 3.63) is 29.6 Å². The molecule has 0 atom stereocenters. The second kappa shape index (κ2) is 9.01. The van der Waals surface area contributed by atoms with Gasteiger partial charge in [0.2, 0.25) is 10.0 Å². The second-order valence-corrected chi connectivity index (χ2v) is 8.69. The highest BCUT2D eigenvalue weighted by atomic mass is 32.2. The number of hydrogen-bond acceptors (Lipinski definition) is 4. The number of ether oxygens (including phenoxy) is 1. The fourth-order valence-corrected chi connectivity index (χ4v) is 3.28. The van der Waals surface area contributed by atoms with E-state index in [1.54, 1.807) is 13.8 Å². The van der Waals surface area contributed by atoms with Crippen LogP contribution in [0.2, 0.25) is 0 Å². The fraction of sp³-hybridized carbons (Fsp3) is 0.625. The highest BCUT2D eigenvalue weighted by Gasteiger charge is 2.32. The van der Waals surface area contributed by atoms with Crippen LogP contribution in [0.15, 0.2) is 18.2 Å². The van der Waals surface area contributed by atoms with Crippen LogP contribution in [-0.4, -0.2) is 55.9 Å². The number of halogens is 4. The van der Waals surface area contributed by atoms with Crippen molar-refractivity contribution in [1.82, 2.24) is 9.21 Å². The third-order valence-corrected chi connectivity index (χ3v) is 6.08. The van der Waals surface area contributed by atoms with Gasteiger partial charge in [-0.1, -0.05) is 13.0 Å². The standard InChI is InChI=1S/C16H24F4N2O3S/c1-5-22(9-8-21(4)26(23,24)12(2)3)11-13-6-7-15(14(17)10-13)25-16(18,19)20/h6-7,10,12H,5,8-9,11H2,1-4H3. The van der Waals surface area contributed by atoms with Crippen LogP contribution < -0.4 is 4.74 Å². The summed E-state index contributed by atoms with van der Waals surface area (Å²) in [6.07, 6.45) is -4.95. The molecule has 0 spiro atoms. The lowest BCUT2D eigenvalue weighted by atomic mass is 10.2. The monoisotopic (exact) mass is 400 g/mol. The van der Waals surface area contributed by atoms with Crippen LogP contribution in [-0.2, 0) is 16.6 Å². The van der Waals surface area contributed by atoms with Crippen molar-refractivity contribution in [3.63, 3.8) is 0 Å². The van der Waals surface area contributed by atoms with E-state index < -0.39 is 33.2 Å². The maximum Gasteiger partial charge on any atom is 0.573 e. The summed E-state index contributed by atoms with van der Waals surface area (Å²) in [5.74, 6) is -1.98. The van der Waals surface area contributed by atoms with Crippen LogP contribution in [0.25, 0.3) is 0 Å². The number of hydrogen-bond donors (Lipinski definition) is 0. The average Bonchev–Trinajstić information content (AvgIpc) is 2.52. The molecule has 0 aromatic heterocycles. The van der Waals surface area contributed by atoms with E-state index in [0.29, 0.717) is 18.7 Å². The molecule has 0 radical (unpaired) electrons. The predicted octanol–water partition coefficient (Wildman–Crippen LogP) is 3.22. The Bertz CT molecular complexity index is 693. The van der Waals surface area contributed by atoms with Gasteiger partial charge in [0, 0.05) is 26.7 Å². The van der Waals surface area contributed by atoms with Crippen molar-refractivity contribution in [2.45, 2.75) is 38.9 Å². The smallest absolute Gasteiger partial charge is 0.403 e. The summed E-state index contributed by atoms with van der Waals surface area (Å²) < 4.78 is 79.2. The van der Waals surface area contributed by atoms with Crippen molar-refractivity contribution >= 4 is 10.0 Å². The van der Waals surface area contributed by atoms with E-state index in [0.717, 1.165) is 12.1 Å². The molecule has 0 amide bonds. The van der Waals surface area contributed by atoms with Crippen molar-refractivity contribution in [2.75, 3.05) is 26.7 Å². The van der Waals surface area contributed by atoms with E-state index in [-0.39, 0.29) is 13.1 Å². The Morgan fingerprint density at radius 2 is 1.81 bits per heavy atom. The van der Waals surface area contributed by atoms with Crippen LogP contribution in [0, 0.1) is 5.82 Å². The fourth-order valence-electron chi connectivity index (χ4n) is 2.23. The first-order chi connectivity index (χ1) is 11.9. The zero-order valence-electron chi connectivity index (χ0n) is 15.2. The Balaban J connectivity index is 2.72. The molecular weight excluding hydrogens is 376 g/mol. The third kappa shape index (κ3) is 6.73.